The number of amides is 1. The van der Waals surface area contributed by atoms with E-state index in [1.54, 1.807) is 12.1 Å². The second-order valence-corrected chi connectivity index (χ2v) is 8.04. The Labute approximate surface area is 183 Å². The third kappa shape index (κ3) is 6.00. The molecule has 160 valence electrons. The molecule has 4 rings (SSSR count). The maximum Gasteiger partial charge on any atom is 0.246 e. The van der Waals surface area contributed by atoms with Crippen molar-refractivity contribution in [3.8, 4) is 0 Å². The molecule has 1 atom stereocenters. The number of nitrogens with zero attached hydrogens (tertiary/aromatic N) is 1. The molecule has 1 aliphatic rings. The molecule has 3 aromatic rings. The van der Waals surface area contributed by atoms with Gasteiger partial charge < -0.3 is 5.32 Å². The van der Waals surface area contributed by atoms with Gasteiger partial charge in [-0.15, -0.1) is 0 Å². The first-order valence-corrected chi connectivity index (χ1v) is 10.8. The van der Waals surface area contributed by atoms with Crippen molar-refractivity contribution >= 4 is 11.6 Å². The van der Waals surface area contributed by atoms with Crippen LogP contribution >= 0.6 is 0 Å². The monoisotopic (exact) mass is 417 g/mol. The van der Waals surface area contributed by atoms with E-state index < -0.39 is 6.04 Å². The summed E-state index contributed by atoms with van der Waals surface area (Å²) < 4.78 is 13.2. The molecule has 5 heteroatoms. The van der Waals surface area contributed by atoms with Crippen molar-refractivity contribution in [1.82, 2.24) is 10.2 Å². The van der Waals surface area contributed by atoms with E-state index in [0.29, 0.717) is 5.69 Å². The van der Waals surface area contributed by atoms with Crippen LogP contribution in [0.3, 0.4) is 0 Å². The smallest absolute Gasteiger partial charge is 0.246 e. The zero-order valence-corrected chi connectivity index (χ0v) is 17.5. The molecule has 0 saturated carbocycles. The van der Waals surface area contributed by atoms with Gasteiger partial charge in [0.05, 0.1) is 0 Å². The first-order valence-electron chi connectivity index (χ1n) is 10.8. The molecule has 31 heavy (non-hydrogen) atoms. The minimum Gasteiger partial charge on any atom is -0.324 e. The first-order chi connectivity index (χ1) is 15.2. The zero-order chi connectivity index (χ0) is 21.5. The molecule has 4 nitrogen and oxygen atoms in total. The SMILES string of the molecule is O=C(Nc1ccc(F)cc1)[C@H](NC1CCN(Cc2ccccc2)CC1)c1ccccc1. The number of piperidine rings is 1. The van der Waals surface area contributed by atoms with Gasteiger partial charge in [0.1, 0.15) is 11.9 Å². The number of nitrogens with one attached hydrogen (secondary N) is 2. The summed E-state index contributed by atoms with van der Waals surface area (Å²) >= 11 is 0. The Bertz CT molecular complexity index is 955. The largest absolute Gasteiger partial charge is 0.324 e. The molecule has 0 aromatic heterocycles. The van der Waals surface area contributed by atoms with Crippen LogP contribution in [0, 0.1) is 5.82 Å². The van der Waals surface area contributed by atoms with E-state index in [9.17, 15) is 9.18 Å². The molecule has 0 bridgehead atoms. The van der Waals surface area contributed by atoms with Crippen LogP contribution in [0.15, 0.2) is 84.9 Å². The topological polar surface area (TPSA) is 44.4 Å². The second kappa shape index (κ2) is 10.3. The van der Waals surface area contributed by atoms with Crippen molar-refractivity contribution in [3.05, 3.63) is 102 Å². The average Bonchev–Trinajstić information content (AvgIpc) is 2.81. The Hall–Kier alpha value is -3.02. The normalized spacial score (nSPS) is 16.0. The van der Waals surface area contributed by atoms with Gasteiger partial charge in [0.2, 0.25) is 5.91 Å². The molecule has 1 heterocycles. The summed E-state index contributed by atoms with van der Waals surface area (Å²) in [5.41, 5.74) is 2.84. The average molecular weight is 418 g/mol. The molecule has 0 unspecified atom stereocenters. The Morgan fingerprint density at radius 3 is 2.16 bits per heavy atom. The van der Waals surface area contributed by atoms with Crippen molar-refractivity contribution in [2.75, 3.05) is 18.4 Å². The maximum absolute atomic E-state index is 13.2. The molecule has 1 saturated heterocycles. The summed E-state index contributed by atoms with van der Waals surface area (Å²) in [7, 11) is 0. The van der Waals surface area contributed by atoms with Crippen LogP contribution in [0.5, 0.6) is 0 Å². The molecular weight excluding hydrogens is 389 g/mol. The summed E-state index contributed by atoms with van der Waals surface area (Å²) in [6.07, 6.45) is 1.97. The molecule has 2 N–H and O–H groups in total. The van der Waals surface area contributed by atoms with Crippen LogP contribution in [0.4, 0.5) is 10.1 Å². The van der Waals surface area contributed by atoms with Gasteiger partial charge in [-0.05, 0) is 61.3 Å². The highest BCUT2D eigenvalue weighted by atomic mass is 19.1. The molecule has 0 aliphatic carbocycles. The van der Waals surface area contributed by atoms with Gasteiger partial charge in [-0.3, -0.25) is 15.0 Å². The van der Waals surface area contributed by atoms with Gasteiger partial charge in [-0.2, -0.15) is 0 Å². The van der Waals surface area contributed by atoms with E-state index in [-0.39, 0.29) is 17.8 Å². The summed E-state index contributed by atoms with van der Waals surface area (Å²) in [4.78, 5) is 15.6. The predicted octanol–water partition coefficient (Wildman–Crippen LogP) is 4.76. The highest BCUT2D eigenvalue weighted by Gasteiger charge is 2.26. The van der Waals surface area contributed by atoms with Crippen LogP contribution < -0.4 is 10.6 Å². The van der Waals surface area contributed by atoms with Crippen molar-refractivity contribution in [2.45, 2.75) is 31.5 Å². The van der Waals surface area contributed by atoms with Crippen LogP contribution in [-0.4, -0.2) is 29.9 Å². The number of anilines is 1. The highest BCUT2D eigenvalue weighted by molar-refractivity contribution is 5.95. The number of hydrogen-bond donors (Lipinski definition) is 2. The van der Waals surface area contributed by atoms with Gasteiger partial charge >= 0.3 is 0 Å². The Morgan fingerprint density at radius 2 is 1.52 bits per heavy atom. The van der Waals surface area contributed by atoms with Crippen LogP contribution in [0.1, 0.15) is 30.0 Å². The van der Waals surface area contributed by atoms with Crippen LogP contribution in [-0.2, 0) is 11.3 Å². The Balaban J connectivity index is 1.38. The lowest BCUT2D eigenvalue weighted by atomic mass is 9.99. The number of benzene rings is 3. The maximum atomic E-state index is 13.2. The highest BCUT2D eigenvalue weighted by Crippen LogP contribution is 2.21. The fourth-order valence-corrected chi connectivity index (χ4v) is 4.05. The molecule has 3 aromatic carbocycles. The summed E-state index contributed by atoms with van der Waals surface area (Å²) in [6.45, 7) is 2.95. The van der Waals surface area contributed by atoms with Gasteiger partial charge in [0.15, 0.2) is 0 Å². The second-order valence-electron chi connectivity index (χ2n) is 8.04. The Morgan fingerprint density at radius 1 is 0.903 bits per heavy atom. The number of halogens is 1. The summed E-state index contributed by atoms with van der Waals surface area (Å²) in [5, 5.41) is 6.50. The number of carbonyl (C=O) groups is 1. The van der Waals surface area contributed by atoms with Crippen molar-refractivity contribution in [1.29, 1.82) is 0 Å². The van der Waals surface area contributed by atoms with Gasteiger partial charge in [0.25, 0.3) is 0 Å². The van der Waals surface area contributed by atoms with Gasteiger partial charge in [-0.25, -0.2) is 4.39 Å². The van der Waals surface area contributed by atoms with Gasteiger partial charge in [-0.1, -0.05) is 60.7 Å². The quantitative estimate of drug-likeness (QED) is 0.583. The minimum absolute atomic E-state index is 0.135. The lowest BCUT2D eigenvalue weighted by Gasteiger charge is -2.34. The predicted molar refractivity (Wildman–Crippen MR) is 122 cm³/mol. The van der Waals surface area contributed by atoms with Gasteiger partial charge in [0, 0.05) is 18.3 Å². The Kier molecular flexibility index (Phi) is 7.07. The minimum atomic E-state index is -0.461. The number of carbonyl (C=O) groups excluding carboxylic acids is 1. The lowest BCUT2D eigenvalue weighted by molar-refractivity contribution is -0.118. The molecule has 1 fully saturated rings. The van der Waals surface area contributed by atoms with E-state index in [2.05, 4.69) is 39.8 Å². The summed E-state index contributed by atoms with van der Waals surface area (Å²) in [6, 6.07) is 25.9. The number of likely N-dealkylation sites (tertiary alicyclic amines) is 1. The lowest BCUT2D eigenvalue weighted by Crippen LogP contribution is -2.46. The summed E-state index contributed by atoms with van der Waals surface area (Å²) in [5.74, 6) is -0.456. The molecule has 0 spiro atoms. The fourth-order valence-electron chi connectivity index (χ4n) is 4.05. The number of hydrogen-bond acceptors (Lipinski definition) is 3. The standard InChI is InChI=1S/C26H28FN3O/c27-22-11-13-23(14-12-22)29-26(31)25(21-9-5-2-6-10-21)28-24-15-17-30(18-16-24)19-20-7-3-1-4-8-20/h1-14,24-25,28H,15-19H2,(H,29,31)/t25-/m1/s1. The molecule has 0 radical (unpaired) electrons. The van der Waals surface area contributed by atoms with E-state index in [4.69, 9.17) is 0 Å². The molecule has 1 amide bonds. The fraction of sp³-hybridized carbons (Fsp3) is 0.269. The zero-order valence-electron chi connectivity index (χ0n) is 17.5. The number of rotatable bonds is 7. The molecule has 1 aliphatic heterocycles. The van der Waals surface area contributed by atoms with Crippen molar-refractivity contribution < 1.29 is 9.18 Å². The van der Waals surface area contributed by atoms with Crippen LogP contribution in [0.25, 0.3) is 0 Å². The third-order valence-corrected chi connectivity index (χ3v) is 5.75. The van der Waals surface area contributed by atoms with E-state index >= 15 is 0 Å². The van der Waals surface area contributed by atoms with E-state index in [1.807, 2.05) is 36.4 Å². The third-order valence-electron chi connectivity index (χ3n) is 5.75. The molecular formula is C26H28FN3O. The van der Waals surface area contributed by atoms with Crippen molar-refractivity contribution in [2.24, 2.45) is 0 Å². The van der Waals surface area contributed by atoms with Crippen LogP contribution in [0.2, 0.25) is 0 Å². The van der Waals surface area contributed by atoms with E-state index in [0.717, 1.165) is 38.0 Å². The van der Waals surface area contributed by atoms with Crippen molar-refractivity contribution in [3.63, 3.8) is 0 Å². The first kappa shape index (κ1) is 21.2. The van der Waals surface area contributed by atoms with E-state index in [1.165, 1.54) is 17.7 Å².